The van der Waals surface area contributed by atoms with Crippen LogP contribution in [0.25, 0.3) is 0 Å². The zero-order chi connectivity index (χ0) is 22.0. The van der Waals surface area contributed by atoms with E-state index in [9.17, 15) is 9.90 Å². The Bertz CT molecular complexity index is 1040. The van der Waals surface area contributed by atoms with Crippen LogP contribution in [0.4, 0.5) is 0 Å². The minimum atomic E-state index is -0.670. The Labute approximate surface area is 187 Å². The summed E-state index contributed by atoms with van der Waals surface area (Å²) in [4.78, 5) is 15.1. The number of carbonyl (C=O) groups excluding carboxylic acids is 1. The van der Waals surface area contributed by atoms with Crippen LogP contribution in [0.5, 0.6) is 5.75 Å². The minimum Gasteiger partial charge on any atom is -0.484 e. The van der Waals surface area contributed by atoms with E-state index in [4.69, 9.17) is 9.15 Å². The first-order valence-electron chi connectivity index (χ1n) is 11.1. The number of para-hydroxylation sites is 1. The monoisotopic (exact) mass is 432 g/mol. The predicted molar refractivity (Wildman–Crippen MR) is 120 cm³/mol. The molecule has 1 aromatic heterocycles. The van der Waals surface area contributed by atoms with E-state index in [2.05, 4.69) is 16.3 Å². The third-order valence-corrected chi connectivity index (χ3v) is 6.88. The van der Waals surface area contributed by atoms with E-state index in [-0.39, 0.29) is 17.9 Å². The highest BCUT2D eigenvalue weighted by molar-refractivity contribution is 5.78. The highest BCUT2D eigenvalue weighted by Crippen LogP contribution is 2.51. The Morgan fingerprint density at radius 1 is 1.09 bits per heavy atom. The maximum Gasteiger partial charge on any atom is 0.258 e. The minimum absolute atomic E-state index is 0.0825. The molecule has 3 aromatic rings. The summed E-state index contributed by atoms with van der Waals surface area (Å²) < 4.78 is 10.8. The highest BCUT2D eigenvalue weighted by Gasteiger charge is 2.52. The van der Waals surface area contributed by atoms with Crippen molar-refractivity contribution in [2.24, 2.45) is 0 Å². The quantitative estimate of drug-likeness (QED) is 0.624. The summed E-state index contributed by atoms with van der Waals surface area (Å²) >= 11 is 0. The van der Waals surface area contributed by atoms with E-state index in [0.29, 0.717) is 5.75 Å². The zero-order valence-electron chi connectivity index (χ0n) is 17.9. The summed E-state index contributed by atoms with van der Waals surface area (Å²) in [5.74, 6) is 0.415. The average Bonchev–Trinajstić information content (AvgIpc) is 3.42. The second kappa shape index (κ2) is 8.81. The van der Waals surface area contributed by atoms with Crippen LogP contribution in [-0.2, 0) is 16.8 Å². The number of benzene rings is 2. The van der Waals surface area contributed by atoms with Crippen molar-refractivity contribution in [1.82, 2.24) is 10.2 Å². The molecule has 0 unspecified atom stereocenters. The Hall–Kier alpha value is -3.09. The van der Waals surface area contributed by atoms with Gasteiger partial charge in [0.15, 0.2) is 6.61 Å². The molecule has 2 aliphatic rings. The van der Waals surface area contributed by atoms with Crippen molar-refractivity contribution >= 4 is 5.91 Å². The number of nitrogens with one attached hydrogen (secondary N) is 1. The van der Waals surface area contributed by atoms with E-state index < -0.39 is 12.1 Å². The van der Waals surface area contributed by atoms with Gasteiger partial charge in [0.05, 0.1) is 24.7 Å². The Kier molecular flexibility index (Phi) is 5.72. The first-order chi connectivity index (χ1) is 15.7. The molecule has 1 fully saturated rings. The summed E-state index contributed by atoms with van der Waals surface area (Å²) in [7, 11) is 0. The Morgan fingerprint density at radius 3 is 2.59 bits per heavy atom. The maximum absolute atomic E-state index is 12.7. The van der Waals surface area contributed by atoms with Gasteiger partial charge in [-0.3, -0.25) is 9.69 Å². The third kappa shape index (κ3) is 3.92. The van der Waals surface area contributed by atoms with Crippen molar-refractivity contribution in [3.05, 3.63) is 89.9 Å². The number of hydrogen-bond donors (Lipinski definition) is 2. The van der Waals surface area contributed by atoms with Crippen LogP contribution in [0.3, 0.4) is 0 Å². The number of amides is 1. The molecular formula is C26H28N2O4. The van der Waals surface area contributed by atoms with Gasteiger partial charge in [-0.2, -0.15) is 0 Å². The third-order valence-electron chi connectivity index (χ3n) is 6.88. The van der Waals surface area contributed by atoms with Crippen molar-refractivity contribution in [3.8, 4) is 5.75 Å². The number of aliphatic hydroxyl groups excluding tert-OH is 1. The molecule has 0 saturated carbocycles. The van der Waals surface area contributed by atoms with Crippen molar-refractivity contribution in [2.75, 3.05) is 19.7 Å². The number of likely N-dealkylation sites (tertiary alicyclic amines) is 1. The van der Waals surface area contributed by atoms with Gasteiger partial charge in [0, 0.05) is 17.5 Å². The number of aliphatic hydroxyl groups is 1. The molecule has 1 spiro atoms. The van der Waals surface area contributed by atoms with Crippen LogP contribution in [0, 0.1) is 0 Å². The second-order valence-electron chi connectivity index (χ2n) is 8.74. The van der Waals surface area contributed by atoms with Crippen LogP contribution in [0.15, 0.2) is 77.6 Å². The lowest BCUT2D eigenvalue weighted by Crippen LogP contribution is -2.49. The molecule has 2 heterocycles. The summed E-state index contributed by atoms with van der Waals surface area (Å²) in [5.41, 5.74) is 2.99. The molecule has 1 aliphatic carbocycles. The van der Waals surface area contributed by atoms with E-state index in [1.165, 1.54) is 0 Å². The van der Waals surface area contributed by atoms with Gasteiger partial charge in [-0.05, 0) is 55.3 Å². The first kappa shape index (κ1) is 20.8. The molecule has 2 aromatic carbocycles. The summed E-state index contributed by atoms with van der Waals surface area (Å²) in [6.07, 6.45) is 4.50. The van der Waals surface area contributed by atoms with Crippen LogP contribution in [0.1, 0.15) is 35.6 Å². The standard InChI is InChI=1S/C26H28N2O4/c29-23(18-32-20-6-2-1-3-7-20)27-24-21-8-4-5-9-22(21)26(25(24)30)11-13-28(14-12-26)16-19-10-15-31-17-19/h1-10,15,17,24-25,30H,11-14,16,18H2,(H,27,29)/t24-,25+/m1/s1. The molecule has 6 nitrogen and oxygen atoms in total. The van der Waals surface area contributed by atoms with Crippen LogP contribution < -0.4 is 10.1 Å². The molecule has 166 valence electrons. The lowest BCUT2D eigenvalue weighted by molar-refractivity contribution is -0.125. The molecule has 5 rings (SSSR count). The number of hydrogen-bond acceptors (Lipinski definition) is 5. The van der Waals surface area contributed by atoms with Crippen molar-refractivity contribution in [3.63, 3.8) is 0 Å². The molecule has 2 atom stereocenters. The van der Waals surface area contributed by atoms with Gasteiger partial charge in [0.25, 0.3) is 5.91 Å². The van der Waals surface area contributed by atoms with E-state index >= 15 is 0 Å². The molecule has 1 aliphatic heterocycles. The smallest absolute Gasteiger partial charge is 0.258 e. The summed E-state index contributed by atoms with van der Waals surface area (Å²) in [6, 6.07) is 19.0. The van der Waals surface area contributed by atoms with Gasteiger partial charge < -0.3 is 19.6 Å². The lowest BCUT2D eigenvalue weighted by atomic mass is 9.72. The number of piperidine rings is 1. The van der Waals surface area contributed by atoms with Crippen LogP contribution in [0.2, 0.25) is 0 Å². The van der Waals surface area contributed by atoms with Crippen molar-refractivity contribution in [1.29, 1.82) is 0 Å². The van der Waals surface area contributed by atoms with E-state index in [1.54, 1.807) is 12.5 Å². The number of rotatable bonds is 6. The number of fused-ring (bicyclic) bond motifs is 2. The Balaban J connectivity index is 1.28. The van der Waals surface area contributed by atoms with E-state index in [0.717, 1.165) is 49.2 Å². The number of ether oxygens (including phenoxy) is 1. The molecule has 1 amide bonds. The lowest BCUT2D eigenvalue weighted by Gasteiger charge is -2.42. The largest absolute Gasteiger partial charge is 0.484 e. The van der Waals surface area contributed by atoms with Crippen LogP contribution >= 0.6 is 0 Å². The van der Waals surface area contributed by atoms with Crippen molar-refractivity contribution in [2.45, 2.75) is 36.9 Å². The number of carbonyl (C=O) groups is 1. The fourth-order valence-corrected chi connectivity index (χ4v) is 5.22. The zero-order valence-corrected chi connectivity index (χ0v) is 17.9. The summed E-state index contributed by atoms with van der Waals surface area (Å²) in [5, 5.41) is 14.5. The van der Waals surface area contributed by atoms with Crippen LogP contribution in [-0.4, -0.2) is 41.7 Å². The van der Waals surface area contributed by atoms with Gasteiger partial charge in [0.2, 0.25) is 0 Å². The van der Waals surface area contributed by atoms with Gasteiger partial charge in [0.1, 0.15) is 5.75 Å². The van der Waals surface area contributed by atoms with Gasteiger partial charge in [-0.15, -0.1) is 0 Å². The number of furan rings is 1. The molecular weight excluding hydrogens is 404 g/mol. The van der Waals surface area contributed by atoms with E-state index in [1.807, 2.05) is 54.6 Å². The average molecular weight is 433 g/mol. The molecule has 2 N–H and O–H groups in total. The summed E-state index contributed by atoms with van der Waals surface area (Å²) in [6.45, 7) is 2.53. The fraction of sp³-hybridized carbons (Fsp3) is 0.346. The molecule has 0 radical (unpaired) electrons. The SMILES string of the molecule is O=C(COc1ccccc1)N[C@@H]1c2ccccc2C2(CCN(Cc3ccoc3)CC2)[C@H]1O. The first-order valence-corrected chi connectivity index (χ1v) is 11.1. The Morgan fingerprint density at radius 2 is 1.84 bits per heavy atom. The molecule has 32 heavy (non-hydrogen) atoms. The van der Waals surface area contributed by atoms with Crippen molar-refractivity contribution < 1.29 is 19.1 Å². The molecule has 1 saturated heterocycles. The predicted octanol–water partition coefficient (Wildman–Crippen LogP) is 3.42. The fourth-order valence-electron chi connectivity index (χ4n) is 5.22. The van der Waals surface area contributed by atoms with Gasteiger partial charge in [-0.1, -0.05) is 42.5 Å². The normalized spacial score (nSPS) is 21.9. The maximum atomic E-state index is 12.7. The second-order valence-corrected chi connectivity index (χ2v) is 8.74. The topological polar surface area (TPSA) is 74.9 Å². The molecule has 6 heteroatoms. The van der Waals surface area contributed by atoms with Gasteiger partial charge >= 0.3 is 0 Å². The molecule has 0 bridgehead atoms. The van der Waals surface area contributed by atoms with Gasteiger partial charge in [-0.25, -0.2) is 0 Å². The highest BCUT2D eigenvalue weighted by atomic mass is 16.5. The number of nitrogens with zero attached hydrogens (tertiary/aromatic N) is 1.